The summed E-state index contributed by atoms with van der Waals surface area (Å²) in [5, 5.41) is 6.96. The van der Waals surface area contributed by atoms with Crippen molar-refractivity contribution in [2.24, 2.45) is 0 Å². The molecule has 3 nitrogen and oxygen atoms in total. The van der Waals surface area contributed by atoms with E-state index < -0.39 is 0 Å². The van der Waals surface area contributed by atoms with E-state index in [0.717, 1.165) is 18.6 Å². The van der Waals surface area contributed by atoms with Crippen molar-refractivity contribution in [1.29, 1.82) is 0 Å². The van der Waals surface area contributed by atoms with Gasteiger partial charge in [-0.25, -0.2) is 0 Å². The van der Waals surface area contributed by atoms with Crippen LogP contribution in [0.5, 0.6) is 0 Å². The predicted molar refractivity (Wildman–Crippen MR) is 85.2 cm³/mol. The second kappa shape index (κ2) is 8.38. The van der Waals surface area contributed by atoms with Gasteiger partial charge in [0.2, 0.25) is 5.91 Å². The van der Waals surface area contributed by atoms with Gasteiger partial charge < -0.3 is 10.6 Å². The highest BCUT2D eigenvalue weighted by Gasteiger charge is 2.34. The predicted octanol–water partition coefficient (Wildman–Crippen LogP) is 2.73. The fourth-order valence-corrected chi connectivity index (χ4v) is 4.00. The topological polar surface area (TPSA) is 41.1 Å². The van der Waals surface area contributed by atoms with Gasteiger partial charge in [0.05, 0.1) is 5.25 Å². The number of hydrogen-bond donors (Lipinski definition) is 2. The zero-order valence-corrected chi connectivity index (χ0v) is 13.6. The van der Waals surface area contributed by atoms with E-state index in [0.29, 0.717) is 18.1 Å². The van der Waals surface area contributed by atoms with Gasteiger partial charge >= 0.3 is 0 Å². The summed E-state index contributed by atoms with van der Waals surface area (Å²) in [6.07, 6.45) is 7.23. The highest BCUT2D eigenvalue weighted by atomic mass is 35.5. The van der Waals surface area contributed by atoms with Crippen molar-refractivity contribution in [3.63, 3.8) is 0 Å². The van der Waals surface area contributed by atoms with Gasteiger partial charge in [0.25, 0.3) is 0 Å². The van der Waals surface area contributed by atoms with Crippen LogP contribution in [0.15, 0.2) is 0 Å². The molecule has 0 saturated carbocycles. The second-order valence-electron chi connectivity index (χ2n) is 5.68. The summed E-state index contributed by atoms with van der Waals surface area (Å²) >= 11 is 1.79. The highest BCUT2D eigenvalue weighted by molar-refractivity contribution is 8.00. The first-order valence-corrected chi connectivity index (χ1v) is 8.42. The maximum atomic E-state index is 12.1. The summed E-state index contributed by atoms with van der Waals surface area (Å²) in [5.41, 5.74) is 0. The molecule has 0 aromatic heterocycles. The summed E-state index contributed by atoms with van der Waals surface area (Å²) < 4.78 is 0. The SMILES string of the molecule is CCCCSC(C)C(=O)NC1CC2CCC(C1)N2.Cl. The van der Waals surface area contributed by atoms with Crippen LogP contribution in [0.25, 0.3) is 0 Å². The van der Waals surface area contributed by atoms with E-state index in [1.807, 2.05) is 6.92 Å². The molecule has 2 bridgehead atoms. The monoisotopic (exact) mass is 306 g/mol. The van der Waals surface area contributed by atoms with Crippen LogP contribution in [0.1, 0.15) is 52.4 Å². The summed E-state index contributed by atoms with van der Waals surface area (Å²) in [7, 11) is 0. The van der Waals surface area contributed by atoms with Gasteiger partial charge in [-0.1, -0.05) is 13.3 Å². The summed E-state index contributed by atoms with van der Waals surface area (Å²) in [4.78, 5) is 12.1. The van der Waals surface area contributed by atoms with Crippen LogP contribution in [-0.4, -0.2) is 35.0 Å². The number of carbonyl (C=O) groups is 1. The van der Waals surface area contributed by atoms with E-state index in [9.17, 15) is 4.79 Å². The Balaban J connectivity index is 0.00000180. The van der Waals surface area contributed by atoms with Gasteiger partial charge in [0, 0.05) is 18.1 Å². The zero-order valence-electron chi connectivity index (χ0n) is 12.0. The molecule has 2 aliphatic heterocycles. The van der Waals surface area contributed by atoms with E-state index in [1.54, 1.807) is 11.8 Å². The van der Waals surface area contributed by atoms with Crippen LogP contribution < -0.4 is 10.6 Å². The lowest BCUT2D eigenvalue weighted by atomic mass is 10.00. The van der Waals surface area contributed by atoms with Gasteiger partial charge in [-0.2, -0.15) is 0 Å². The third-order valence-corrected chi connectivity index (χ3v) is 5.29. The molecule has 3 unspecified atom stereocenters. The molecule has 1 amide bonds. The fourth-order valence-electron chi connectivity index (χ4n) is 2.97. The number of nitrogens with one attached hydrogen (secondary N) is 2. The number of halogens is 1. The first kappa shape index (κ1) is 17.1. The van der Waals surface area contributed by atoms with Crippen molar-refractivity contribution in [3.8, 4) is 0 Å². The van der Waals surface area contributed by atoms with E-state index in [-0.39, 0.29) is 23.6 Å². The number of hydrogen-bond acceptors (Lipinski definition) is 3. The Hall–Kier alpha value is 0.0700. The molecule has 112 valence electrons. The standard InChI is InChI=1S/C14H26N2OS.ClH/c1-3-4-7-18-10(2)14(17)16-13-8-11-5-6-12(9-13)15-11;/h10-13,15H,3-9H2,1-2H3,(H,16,17);1H. The molecule has 2 saturated heterocycles. The van der Waals surface area contributed by atoms with Gasteiger partial charge in [-0.05, 0) is 44.8 Å². The van der Waals surface area contributed by atoms with Crippen LogP contribution in [-0.2, 0) is 4.79 Å². The molecule has 19 heavy (non-hydrogen) atoms. The lowest BCUT2D eigenvalue weighted by Gasteiger charge is -2.30. The van der Waals surface area contributed by atoms with Gasteiger partial charge in [0.1, 0.15) is 0 Å². The van der Waals surface area contributed by atoms with Crippen LogP contribution in [0.2, 0.25) is 0 Å². The smallest absolute Gasteiger partial charge is 0.233 e. The molecule has 2 heterocycles. The first-order chi connectivity index (χ1) is 8.69. The molecular weight excluding hydrogens is 280 g/mol. The Bertz CT molecular complexity index is 279. The largest absolute Gasteiger partial charge is 0.352 e. The summed E-state index contributed by atoms with van der Waals surface area (Å²) in [6.45, 7) is 4.22. The lowest BCUT2D eigenvalue weighted by molar-refractivity contribution is -0.121. The molecule has 2 N–H and O–H groups in total. The normalized spacial score (nSPS) is 30.5. The number of piperidine rings is 1. The average molecular weight is 307 g/mol. The number of amides is 1. The van der Waals surface area contributed by atoms with Crippen LogP contribution in [0.4, 0.5) is 0 Å². The van der Waals surface area contributed by atoms with Crippen molar-refractivity contribution >= 4 is 30.1 Å². The first-order valence-electron chi connectivity index (χ1n) is 7.37. The minimum Gasteiger partial charge on any atom is -0.352 e. The quantitative estimate of drug-likeness (QED) is 0.741. The summed E-state index contributed by atoms with van der Waals surface area (Å²) in [5.74, 6) is 1.34. The number of thioether (sulfide) groups is 1. The molecule has 0 aromatic rings. The molecule has 5 heteroatoms. The Morgan fingerprint density at radius 2 is 2.00 bits per heavy atom. The molecule has 0 radical (unpaired) electrons. The van der Waals surface area contributed by atoms with Crippen LogP contribution in [0, 0.1) is 0 Å². The Labute approximate surface area is 127 Å². The van der Waals surface area contributed by atoms with Crippen molar-refractivity contribution in [1.82, 2.24) is 10.6 Å². The molecule has 0 spiro atoms. The molecule has 0 aliphatic carbocycles. The van der Waals surface area contributed by atoms with E-state index in [2.05, 4.69) is 17.6 Å². The lowest BCUT2D eigenvalue weighted by Crippen LogP contribution is -2.49. The zero-order chi connectivity index (χ0) is 13.0. The number of unbranched alkanes of at least 4 members (excludes halogenated alkanes) is 1. The maximum absolute atomic E-state index is 12.1. The molecule has 2 rings (SSSR count). The third-order valence-electron chi connectivity index (χ3n) is 4.05. The molecular formula is C14H27ClN2OS. The van der Waals surface area contributed by atoms with Gasteiger partial charge in [-0.3, -0.25) is 4.79 Å². The van der Waals surface area contributed by atoms with Crippen molar-refractivity contribution in [2.45, 2.75) is 75.7 Å². The second-order valence-corrected chi connectivity index (χ2v) is 7.13. The third kappa shape index (κ3) is 5.16. The van der Waals surface area contributed by atoms with E-state index >= 15 is 0 Å². The maximum Gasteiger partial charge on any atom is 0.233 e. The van der Waals surface area contributed by atoms with E-state index in [4.69, 9.17) is 0 Å². The number of carbonyl (C=O) groups excluding carboxylic acids is 1. The van der Waals surface area contributed by atoms with Crippen molar-refractivity contribution < 1.29 is 4.79 Å². The molecule has 2 aliphatic rings. The molecule has 0 aromatic carbocycles. The van der Waals surface area contributed by atoms with Crippen molar-refractivity contribution in [3.05, 3.63) is 0 Å². The average Bonchev–Trinajstić information content (AvgIpc) is 2.69. The Morgan fingerprint density at radius 3 is 2.58 bits per heavy atom. The Kier molecular flexibility index (Phi) is 7.55. The molecule has 2 fully saturated rings. The fraction of sp³-hybridized carbons (Fsp3) is 0.929. The van der Waals surface area contributed by atoms with Gasteiger partial charge in [0.15, 0.2) is 0 Å². The number of fused-ring (bicyclic) bond motifs is 2. The van der Waals surface area contributed by atoms with Crippen LogP contribution >= 0.6 is 24.2 Å². The summed E-state index contributed by atoms with van der Waals surface area (Å²) in [6, 6.07) is 1.71. The highest BCUT2D eigenvalue weighted by Crippen LogP contribution is 2.27. The molecule has 3 atom stereocenters. The van der Waals surface area contributed by atoms with Crippen molar-refractivity contribution in [2.75, 3.05) is 5.75 Å². The van der Waals surface area contributed by atoms with E-state index in [1.165, 1.54) is 25.7 Å². The number of rotatable bonds is 6. The van der Waals surface area contributed by atoms with Crippen LogP contribution in [0.3, 0.4) is 0 Å². The Morgan fingerprint density at radius 1 is 1.37 bits per heavy atom. The van der Waals surface area contributed by atoms with Gasteiger partial charge in [-0.15, -0.1) is 24.2 Å². The minimum atomic E-state index is 0. The minimum absolute atomic E-state index is 0.